The van der Waals surface area contributed by atoms with Crippen LogP contribution in [0.2, 0.25) is 0 Å². The minimum atomic E-state index is -0.380. The van der Waals surface area contributed by atoms with Gasteiger partial charge in [-0.25, -0.2) is 0 Å². The van der Waals surface area contributed by atoms with Crippen molar-refractivity contribution in [3.63, 3.8) is 0 Å². The molecule has 0 saturated carbocycles. The van der Waals surface area contributed by atoms with Crippen LogP contribution < -0.4 is 4.74 Å². The summed E-state index contributed by atoms with van der Waals surface area (Å²) in [7, 11) is 3.21. The number of carbonyl (C=O) groups excluding carboxylic acids is 1. The molecule has 0 radical (unpaired) electrons. The summed E-state index contributed by atoms with van der Waals surface area (Å²) in [6, 6.07) is 14.9. The van der Waals surface area contributed by atoms with Gasteiger partial charge in [0.05, 0.1) is 12.0 Å². The van der Waals surface area contributed by atoms with E-state index in [0.717, 1.165) is 24.4 Å². The molecule has 3 rings (SSSR count). The molecule has 34 heavy (non-hydrogen) atoms. The lowest BCUT2D eigenvalue weighted by molar-refractivity contribution is -0.384. The zero-order valence-corrected chi connectivity index (χ0v) is 20.5. The average molecular weight is 470 g/mol. The highest BCUT2D eigenvalue weighted by atomic mass is 16.6. The van der Waals surface area contributed by atoms with Gasteiger partial charge in [-0.2, -0.15) is 0 Å². The van der Waals surface area contributed by atoms with Crippen molar-refractivity contribution in [2.24, 2.45) is 11.8 Å². The van der Waals surface area contributed by atoms with E-state index in [0.29, 0.717) is 25.6 Å². The van der Waals surface area contributed by atoms with Crippen LogP contribution in [0.25, 0.3) is 0 Å². The third-order valence-corrected chi connectivity index (χ3v) is 6.25. The molecule has 2 unspecified atom stereocenters. The Hall–Kier alpha value is -2.97. The number of methoxy groups -OCH3 is 2. The lowest BCUT2D eigenvalue weighted by Crippen LogP contribution is -2.41. The smallest absolute Gasteiger partial charge is 0.269 e. The van der Waals surface area contributed by atoms with Crippen LogP contribution >= 0.6 is 0 Å². The van der Waals surface area contributed by atoms with Crippen LogP contribution in [0.1, 0.15) is 30.9 Å². The Morgan fingerprint density at radius 3 is 2.53 bits per heavy atom. The molecule has 1 heterocycles. The topological polar surface area (TPSA) is 85.2 Å². The molecule has 0 bridgehead atoms. The van der Waals surface area contributed by atoms with Gasteiger partial charge < -0.3 is 14.4 Å². The summed E-state index contributed by atoms with van der Waals surface area (Å²) in [5.74, 6) is 1.66. The van der Waals surface area contributed by atoms with Crippen molar-refractivity contribution in [3.05, 3.63) is 69.8 Å². The fourth-order valence-electron chi connectivity index (χ4n) is 4.72. The molecule has 1 aliphatic rings. The van der Waals surface area contributed by atoms with E-state index in [1.165, 1.54) is 5.56 Å². The molecular weight excluding hydrogens is 434 g/mol. The maximum atomic E-state index is 12.8. The van der Waals surface area contributed by atoms with Crippen LogP contribution in [-0.2, 0) is 16.1 Å². The number of nitro groups is 1. The number of nitro benzene ring substituents is 1. The first-order chi connectivity index (χ1) is 16.3. The maximum Gasteiger partial charge on any atom is 0.269 e. The van der Waals surface area contributed by atoms with E-state index in [1.807, 2.05) is 29.2 Å². The van der Waals surface area contributed by atoms with Gasteiger partial charge in [-0.3, -0.25) is 19.8 Å². The van der Waals surface area contributed by atoms with Gasteiger partial charge >= 0.3 is 0 Å². The quantitative estimate of drug-likeness (QED) is 0.366. The number of non-ortho nitro benzene ring substituents is 1. The molecule has 0 aromatic heterocycles. The van der Waals surface area contributed by atoms with Gasteiger partial charge in [-0.1, -0.05) is 38.1 Å². The predicted molar refractivity (Wildman–Crippen MR) is 131 cm³/mol. The second-order valence-corrected chi connectivity index (χ2v) is 9.39. The molecule has 2 aromatic rings. The van der Waals surface area contributed by atoms with E-state index in [2.05, 4.69) is 30.9 Å². The Morgan fingerprint density at radius 1 is 1.18 bits per heavy atom. The lowest BCUT2D eigenvalue weighted by atomic mass is 9.88. The van der Waals surface area contributed by atoms with E-state index in [1.54, 1.807) is 26.4 Å². The van der Waals surface area contributed by atoms with Crippen molar-refractivity contribution in [2.75, 3.05) is 47.0 Å². The van der Waals surface area contributed by atoms with E-state index >= 15 is 0 Å². The number of rotatable bonds is 11. The number of carbonyl (C=O) groups is 1. The van der Waals surface area contributed by atoms with Crippen molar-refractivity contribution < 1.29 is 19.2 Å². The van der Waals surface area contributed by atoms with E-state index in [9.17, 15) is 14.9 Å². The molecule has 0 N–H and O–H groups in total. The largest absolute Gasteiger partial charge is 0.497 e. The second kappa shape index (κ2) is 11.9. The molecule has 8 heteroatoms. The van der Waals surface area contributed by atoms with Crippen LogP contribution in [0, 0.1) is 22.0 Å². The van der Waals surface area contributed by atoms with Crippen molar-refractivity contribution in [2.45, 2.75) is 26.3 Å². The SMILES string of the molecule is COCC(=O)N(CC(C)C)CC1CN(Cc2ccc([N+](=O)[O-])cc2)CC1c1cccc(OC)c1. The lowest BCUT2D eigenvalue weighted by Gasteiger charge is -2.30. The van der Waals surface area contributed by atoms with Gasteiger partial charge in [0.2, 0.25) is 5.91 Å². The highest BCUT2D eigenvalue weighted by Gasteiger charge is 2.36. The Kier molecular flexibility index (Phi) is 9.01. The Morgan fingerprint density at radius 2 is 1.91 bits per heavy atom. The van der Waals surface area contributed by atoms with Crippen molar-refractivity contribution >= 4 is 11.6 Å². The number of benzene rings is 2. The number of ether oxygens (including phenoxy) is 2. The maximum absolute atomic E-state index is 12.8. The van der Waals surface area contributed by atoms with E-state index < -0.39 is 0 Å². The Labute approximate surface area is 201 Å². The zero-order valence-electron chi connectivity index (χ0n) is 20.5. The fraction of sp³-hybridized carbons (Fsp3) is 0.500. The molecule has 2 aromatic carbocycles. The van der Waals surface area contributed by atoms with Crippen molar-refractivity contribution in [1.82, 2.24) is 9.80 Å². The fourth-order valence-corrected chi connectivity index (χ4v) is 4.72. The van der Waals surface area contributed by atoms with Gasteiger partial charge in [0.1, 0.15) is 12.4 Å². The second-order valence-electron chi connectivity index (χ2n) is 9.39. The number of amides is 1. The number of likely N-dealkylation sites (tertiary alicyclic amines) is 1. The predicted octanol–water partition coefficient (Wildman–Crippen LogP) is 3.95. The zero-order chi connectivity index (χ0) is 24.7. The molecule has 8 nitrogen and oxygen atoms in total. The molecule has 1 saturated heterocycles. The van der Waals surface area contributed by atoms with E-state index in [-0.39, 0.29) is 35.0 Å². The highest BCUT2D eigenvalue weighted by Crippen LogP contribution is 2.35. The molecule has 0 spiro atoms. The minimum absolute atomic E-state index is 0.00871. The molecule has 2 atom stereocenters. The summed E-state index contributed by atoms with van der Waals surface area (Å²) in [4.78, 5) is 27.7. The van der Waals surface area contributed by atoms with Gasteiger partial charge in [0, 0.05) is 57.9 Å². The van der Waals surface area contributed by atoms with Crippen LogP contribution in [-0.4, -0.2) is 67.6 Å². The number of hydrogen-bond donors (Lipinski definition) is 0. The summed E-state index contributed by atoms with van der Waals surface area (Å²) in [5, 5.41) is 11.0. The number of hydrogen-bond acceptors (Lipinski definition) is 6. The van der Waals surface area contributed by atoms with Gasteiger partial charge in [0.25, 0.3) is 5.69 Å². The van der Waals surface area contributed by atoms with Crippen LogP contribution in [0.5, 0.6) is 5.75 Å². The Balaban J connectivity index is 1.82. The normalized spacial score (nSPS) is 18.3. The standard InChI is InChI=1S/C26H35N3O5/c1-19(2)13-28(26(30)18-33-3)16-22-15-27(14-20-8-10-23(11-9-20)29(31)32)17-25(22)21-6-5-7-24(12-21)34-4/h5-12,19,22,25H,13-18H2,1-4H3. The Bertz CT molecular complexity index is 963. The van der Waals surface area contributed by atoms with Gasteiger partial charge in [-0.05, 0) is 35.1 Å². The molecule has 1 amide bonds. The summed E-state index contributed by atoms with van der Waals surface area (Å²) in [6.45, 7) is 8.01. The molecule has 184 valence electrons. The first kappa shape index (κ1) is 25.6. The minimum Gasteiger partial charge on any atom is -0.497 e. The molecule has 1 fully saturated rings. The van der Waals surface area contributed by atoms with E-state index in [4.69, 9.17) is 9.47 Å². The average Bonchev–Trinajstić information content (AvgIpc) is 3.21. The number of nitrogens with zero attached hydrogens (tertiary/aromatic N) is 3. The molecule has 0 aliphatic carbocycles. The summed E-state index contributed by atoms with van der Waals surface area (Å²) >= 11 is 0. The monoisotopic (exact) mass is 469 g/mol. The summed E-state index contributed by atoms with van der Waals surface area (Å²) < 4.78 is 10.6. The van der Waals surface area contributed by atoms with Crippen molar-refractivity contribution in [1.29, 1.82) is 0 Å². The highest BCUT2D eigenvalue weighted by molar-refractivity contribution is 5.77. The van der Waals surface area contributed by atoms with Crippen LogP contribution in [0.4, 0.5) is 5.69 Å². The first-order valence-corrected chi connectivity index (χ1v) is 11.7. The van der Waals surface area contributed by atoms with Crippen LogP contribution in [0.15, 0.2) is 48.5 Å². The summed E-state index contributed by atoms with van der Waals surface area (Å²) in [6.07, 6.45) is 0. The third-order valence-electron chi connectivity index (χ3n) is 6.25. The molecule has 1 aliphatic heterocycles. The van der Waals surface area contributed by atoms with Crippen LogP contribution in [0.3, 0.4) is 0 Å². The molecular formula is C26H35N3O5. The summed E-state index contributed by atoms with van der Waals surface area (Å²) in [5.41, 5.74) is 2.32. The van der Waals surface area contributed by atoms with Gasteiger partial charge in [0.15, 0.2) is 0 Å². The van der Waals surface area contributed by atoms with Gasteiger partial charge in [-0.15, -0.1) is 0 Å². The van der Waals surface area contributed by atoms with Crippen molar-refractivity contribution in [3.8, 4) is 5.75 Å². The first-order valence-electron chi connectivity index (χ1n) is 11.7. The third kappa shape index (κ3) is 6.77.